The van der Waals surface area contributed by atoms with Crippen molar-refractivity contribution in [3.8, 4) is 28.7 Å². The second-order valence-corrected chi connectivity index (χ2v) is 6.66. The lowest BCUT2D eigenvalue weighted by atomic mass is 10.1. The summed E-state index contributed by atoms with van der Waals surface area (Å²) in [6, 6.07) is 6.39. The quantitative estimate of drug-likeness (QED) is 0.293. The predicted octanol–water partition coefficient (Wildman–Crippen LogP) is 2.86. The van der Waals surface area contributed by atoms with E-state index >= 15 is 0 Å². The molecule has 0 unspecified atom stereocenters. The van der Waals surface area contributed by atoms with Crippen LogP contribution in [0.1, 0.15) is 16.7 Å². The Bertz CT molecular complexity index is 936. The van der Waals surface area contributed by atoms with E-state index < -0.39 is 11.9 Å². The summed E-state index contributed by atoms with van der Waals surface area (Å²) in [5.41, 5.74) is 1.49. The first kappa shape index (κ1) is 26.1. The molecule has 0 spiro atoms. The number of carbonyl (C=O) groups is 2. The Hall–Kier alpha value is -4.18. The molecule has 0 saturated heterocycles. The van der Waals surface area contributed by atoms with Crippen LogP contribution >= 0.6 is 0 Å². The standard InChI is InChI=1S/C24H26O10/c1-30-18-11-15(4-6-21(26)27)10-17(14-25)23(18)33-8-9-34-24-19(31-2)12-16(5-7-22(28)29)13-20(24)32-3/h4-7,10-13,25H,8-9,14H2,1-3H3,(H,26,27)(H,28,29)/b6-4+,7-5+. The lowest BCUT2D eigenvalue weighted by molar-refractivity contribution is -0.132. The Labute approximate surface area is 196 Å². The van der Waals surface area contributed by atoms with E-state index in [9.17, 15) is 14.7 Å². The fourth-order valence-corrected chi connectivity index (χ4v) is 2.97. The molecule has 2 aromatic carbocycles. The molecule has 2 aromatic rings. The summed E-state index contributed by atoms with van der Waals surface area (Å²) in [7, 11) is 4.32. The Morgan fingerprint density at radius 3 is 1.56 bits per heavy atom. The van der Waals surface area contributed by atoms with Crippen LogP contribution in [0.25, 0.3) is 12.2 Å². The van der Waals surface area contributed by atoms with E-state index in [1.54, 1.807) is 24.3 Å². The summed E-state index contributed by atoms with van der Waals surface area (Å²) in [4.78, 5) is 21.5. The summed E-state index contributed by atoms with van der Waals surface area (Å²) in [6.45, 7) is -0.208. The smallest absolute Gasteiger partial charge is 0.328 e. The SMILES string of the molecule is COc1cc(/C=C/C(=O)O)cc(CO)c1OCCOc1c(OC)cc(/C=C/C(=O)O)cc1OC. The molecular weight excluding hydrogens is 448 g/mol. The van der Waals surface area contributed by atoms with Gasteiger partial charge in [-0.05, 0) is 47.5 Å². The maximum Gasteiger partial charge on any atom is 0.328 e. The zero-order valence-electron chi connectivity index (χ0n) is 18.9. The topological polar surface area (TPSA) is 141 Å². The molecule has 0 aliphatic heterocycles. The first-order chi connectivity index (χ1) is 16.3. The van der Waals surface area contributed by atoms with Crippen molar-refractivity contribution >= 4 is 24.1 Å². The molecule has 0 fully saturated rings. The minimum Gasteiger partial charge on any atom is -0.493 e. The summed E-state index contributed by atoms with van der Waals surface area (Å²) in [5, 5.41) is 27.4. The molecule has 0 aromatic heterocycles. The highest BCUT2D eigenvalue weighted by molar-refractivity contribution is 5.86. The van der Waals surface area contributed by atoms with Crippen LogP contribution in [-0.2, 0) is 16.2 Å². The maximum atomic E-state index is 10.8. The van der Waals surface area contributed by atoms with Gasteiger partial charge < -0.3 is 39.0 Å². The number of hydrogen-bond acceptors (Lipinski definition) is 8. The van der Waals surface area contributed by atoms with E-state index in [-0.39, 0.29) is 19.8 Å². The van der Waals surface area contributed by atoms with Crippen molar-refractivity contribution in [3.63, 3.8) is 0 Å². The Kier molecular flexibility index (Phi) is 9.78. The van der Waals surface area contributed by atoms with Gasteiger partial charge in [-0.25, -0.2) is 9.59 Å². The lowest BCUT2D eigenvalue weighted by Gasteiger charge is -2.17. The van der Waals surface area contributed by atoms with Gasteiger partial charge in [0.15, 0.2) is 23.0 Å². The average Bonchev–Trinajstić information content (AvgIpc) is 2.83. The fourth-order valence-electron chi connectivity index (χ4n) is 2.97. The number of carboxylic acids is 2. The van der Waals surface area contributed by atoms with Gasteiger partial charge in [0.25, 0.3) is 0 Å². The first-order valence-electron chi connectivity index (χ1n) is 9.98. The summed E-state index contributed by atoms with van der Waals surface area (Å²) < 4.78 is 27.6. The van der Waals surface area contributed by atoms with Crippen LogP contribution in [0, 0.1) is 0 Å². The summed E-state index contributed by atoms with van der Waals surface area (Å²) in [5.74, 6) is -0.571. The first-order valence-corrected chi connectivity index (χ1v) is 9.98. The van der Waals surface area contributed by atoms with Crippen molar-refractivity contribution in [2.75, 3.05) is 34.5 Å². The molecule has 0 heterocycles. The molecule has 0 atom stereocenters. The third-order valence-electron chi connectivity index (χ3n) is 4.44. The van der Waals surface area contributed by atoms with Crippen LogP contribution in [0.2, 0.25) is 0 Å². The largest absolute Gasteiger partial charge is 0.493 e. The number of aliphatic hydroxyl groups is 1. The lowest BCUT2D eigenvalue weighted by Crippen LogP contribution is -2.12. The molecule has 10 heteroatoms. The molecule has 3 N–H and O–H groups in total. The van der Waals surface area contributed by atoms with E-state index in [0.717, 1.165) is 12.2 Å². The molecule has 0 bridgehead atoms. The van der Waals surface area contributed by atoms with Crippen LogP contribution in [-0.4, -0.2) is 61.8 Å². The molecule has 0 saturated carbocycles. The monoisotopic (exact) mass is 474 g/mol. The van der Waals surface area contributed by atoms with Gasteiger partial charge >= 0.3 is 11.9 Å². The van der Waals surface area contributed by atoms with Gasteiger partial charge in [0.05, 0.1) is 27.9 Å². The third kappa shape index (κ3) is 7.17. The fraction of sp³-hybridized carbons (Fsp3) is 0.250. The number of aliphatic carboxylic acids is 2. The normalized spacial score (nSPS) is 10.9. The van der Waals surface area contributed by atoms with Crippen LogP contribution in [0.4, 0.5) is 0 Å². The van der Waals surface area contributed by atoms with E-state index in [1.165, 1.54) is 33.5 Å². The molecule has 0 amide bonds. The summed E-state index contributed by atoms with van der Waals surface area (Å²) >= 11 is 0. The number of benzene rings is 2. The minimum absolute atomic E-state index is 0.0701. The van der Waals surface area contributed by atoms with E-state index in [1.807, 2.05) is 0 Å². The summed E-state index contributed by atoms with van der Waals surface area (Å²) in [6.07, 6.45) is 4.76. The van der Waals surface area contributed by atoms with Crippen LogP contribution in [0.5, 0.6) is 28.7 Å². The zero-order chi connectivity index (χ0) is 25.1. The van der Waals surface area contributed by atoms with Gasteiger partial charge in [0, 0.05) is 17.7 Å². The van der Waals surface area contributed by atoms with Crippen molar-refractivity contribution < 1.29 is 48.6 Å². The molecule has 0 aliphatic rings. The van der Waals surface area contributed by atoms with E-state index in [4.69, 9.17) is 33.9 Å². The number of aliphatic hydroxyl groups excluding tert-OH is 1. The highest BCUT2D eigenvalue weighted by Crippen LogP contribution is 2.39. The minimum atomic E-state index is -1.10. The number of ether oxygens (including phenoxy) is 5. The van der Waals surface area contributed by atoms with Gasteiger partial charge in [-0.1, -0.05) is 0 Å². The van der Waals surface area contributed by atoms with Gasteiger partial charge in [0.2, 0.25) is 5.75 Å². The van der Waals surface area contributed by atoms with Crippen LogP contribution in [0.15, 0.2) is 36.4 Å². The molecular formula is C24H26O10. The van der Waals surface area contributed by atoms with Crippen molar-refractivity contribution in [1.29, 1.82) is 0 Å². The second-order valence-electron chi connectivity index (χ2n) is 6.66. The molecule has 0 aliphatic carbocycles. The van der Waals surface area contributed by atoms with Crippen molar-refractivity contribution in [2.45, 2.75) is 6.61 Å². The molecule has 182 valence electrons. The molecule has 10 nitrogen and oxygen atoms in total. The van der Waals surface area contributed by atoms with E-state index in [2.05, 4.69) is 0 Å². The van der Waals surface area contributed by atoms with Gasteiger partial charge in [0.1, 0.15) is 13.2 Å². The van der Waals surface area contributed by atoms with Crippen LogP contribution < -0.4 is 23.7 Å². The highest BCUT2D eigenvalue weighted by atomic mass is 16.6. The molecule has 2 rings (SSSR count). The van der Waals surface area contributed by atoms with Crippen molar-refractivity contribution in [1.82, 2.24) is 0 Å². The second kappa shape index (κ2) is 12.8. The molecule has 0 radical (unpaired) electrons. The van der Waals surface area contributed by atoms with Crippen molar-refractivity contribution in [2.24, 2.45) is 0 Å². The Morgan fingerprint density at radius 2 is 1.15 bits per heavy atom. The van der Waals surface area contributed by atoms with E-state index in [0.29, 0.717) is 45.4 Å². The van der Waals surface area contributed by atoms with Gasteiger partial charge in [-0.2, -0.15) is 0 Å². The zero-order valence-corrected chi connectivity index (χ0v) is 18.9. The van der Waals surface area contributed by atoms with Crippen molar-refractivity contribution in [3.05, 3.63) is 53.1 Å². The number of hydrogen-bond donors (Lipinski definition) is 3. The van der Waals surface area contributed by atoms with Gasteiger partial charge in [-0.3, -0.25) is 0 Å². The maximum absolute atomic E-state index is 10.8. The third-order valence-corrected chi connectivity index (χ3v) is 4.44. The predicted molar refractivity (Wildman–Crippen MR) is 123 cm³/mol. The molecule has 34 heavy (non-hydrogen) atoms. The average molecular weight is 474 g/mol. The Morgan fingerprint density at radius 1 is 0.735 bits per heavy atom. The highest BCUT2D eigenvalue weighted by Gasteiger charge is 2.16. The number of rotatable bonds is 13. The Balaban J connectivity index is 2.17. The number of carboxylic acid groups (broad SMARTS) is 2. The van der Waals surface area contributed by atoms with Crippen LogP contribution in [0.3, 0.4) is 0 Å². The number of methoxy groups -OCH3 is 3. The van der Waals surface area contributed by atoms with Gasteiger partial charge in [-0.15, -0.1) is 0 Å².